The summed E-state index contributed by atoms with van der Waals surface area (Å²) in [5.41, 5.74) is 0.0707. The van der Waals surface area contributed by atoms with Gasteiger partial charge in [0.25, 0.3) is 0 Å². The van der Waals surface area contributed by atoms with Crippen molar-refractivity contribution in [1.82, 2.24) is 20.5 Å². The second kappa shape index (κ2) is 9.88. The molecule has 1 aromatic carbocycles. The lowest BCUT2D eigenvalue weighted by Crippen LogP contribution is -2.61. The van der Waals surface area contributed by atoms with Crippen molar-refractivity contribution in [3.8, 4) is 5.75 Å². The highest BCUT2D eigenvalue weighted by Crippen LogP contribution is 2.46. The van der Waals surface area contributed by atoms with Crippen LogP contribution in [0.3, 0.4) is 0 Å². The fraction of sp³-hybridized carbons (Fsp3) is 0.407. The van der Waals surface area contributed by atoms with E-state index < -0.39 is 59.6 Å². The standard InChI is InChI=1S/C27H27F4N5O4/c1-3-26(2)10-19(37)36(25(32)35-26)21(13-8-14(28)12-33-11-13)16-9-17(16)24(39)34-20-15-6-4-5-7-18(15)40-23(22(20)38)27(29,30)31/h4-9,11-12,17,20-23,38H,3,10H2,1-2H3,(H2,32,35)(H,34,39)/t17-,20?,21?,22?,23?,26-/m1/s1. The Labute approximate surface area is 226 Å². The number of ether oxygens (including phenoxy) is 1. The smallest absolute Gasteiger partial charge is 0.428 e. The summed E-state index contributed by atoms with van der Waals surface area (Å²) in [5, 5.41) is 24.6. The minimum Gasteiger partial charge on any atom is -0.478 e. The number of fused-ring (bicyclic) bond motifs is 1. The number of nitrogens with one attached hydrogen (secondary N) is 3. The minimum atomic E-state index is -4.90. The van der Waals surface area contributed by atoms with E-state index in [0.717, 1.165) is 17.2 Å². The maximum atomic E-state index is 14.2. The van der Waals surface area contributed by atoms with Gasteiger partial charge in [-0.25, -0.2) is 4.39 Å². The summed E-state index contributed by atoms with van der Waals surface area (Å²) < 4.78 is 60.0. The number of hydrogen-bond acceptors (Lipinski definition) is 6. The van der Waals surface area contributed by atoms with Crippen LogP contribution in [-0.4, -0.2) is 56.7 Å². The van der Waals surface area contributed by atoms with Crippen molar-refractivity contribution in [2.75, 3.05) is 0 Å². The predicted molar refractivity (Wildman–Crippen MR) is 133 cm³/mol. The van der Waals surface area contributed by atoms with E-state index in [9.17, 15) is 32.3 Å². The van der Waals surface area contributed by atoms with Crippen LogP contribution < -0.4 is 15.4 Å². The summed E-state index contributed by atoms with van der Waals surface area (Å²) in [5.74, 6) is -3.18. The van der Waals surface area contributed by atoms with Crippen LogP contribution in [0.4, 0.5) is 17.6 Å². The summed E-state index contributed by atoms with van der Waals surface area (Å²) >= 11 is 0. The van der Waals surface area contributed by atoms with Crippen LogP contribution in [0.1, 0.15) is 49.9 Å². The molecule has 40 heavy (non-hydrogen) atoms. The van der Waals surface area contributed by atoms with E-state index in [0.29, 0.717) is 12.0 Å². The van der Waals surface area contributed by atoms with Crippen molar-refractivity contribution in [1.29, 1.82) is 5.41 Å². The number of aliphatic hydroxyl groups is 1. The molecule has 2 aliphatic heterocycles. The topological polar surface area (TPSA) is 128 Å². The van der Waals surface area contributed by atoms with Gasteiger partial charge in [0.2, 0.25) is 17.9 Å². The zero-order valence-corrected chi connectivity index (χ0v) is 21.5. The highest BCUT2D eigenvalue weighted by molar-refractivity contribution is 6.00. The number of guanidine groups is 1. The molecule has 212 valence electrons. The van der Waals surface area contributed by atoms with Crippen molar-refractivity contribution in [3.63, 3.8) is 0 Å². The van der Waals surface area contributed by atoms with Crippen molar-refractivity contribution in [2.24, 2.45) is 5.92 Å². The van der Waals surface area contributed by atoms with Gasteiger partial charge in [0, 0.05) is 22.9 Å². The molecule has 1 aromatic heterocycles. The molecular formula is C27H27F4N5O4. The van der Waals surface area contributed by atoms with Crippen LogP contribution in [0, 0.1) is 17.1 Å². The van der Waals surface area contributed by atoms with E-state index in [2.05, 4.69) is 15.6 Å². The van der Waals surface area contributed by atoms with Gasteiger partial charge in [-0.2, -0.15) is 13.2 Å². The van der Waals surface area contributed by atoms with E-state index in [1.165, 1.54) is 30.5 Å². The number of amides is 2. The van der Waals surface area contributed by atoms with Gasteiger partial charge < -0.3 is 20.5 Å². The zero-order chi connectivity index (χ0) is 29.0. The first-order valence-corrected chi connectivity index (χ1v) is 12.6. The molecule has 3 heterocycles. The van der Waals surface area contributed by atoms with Crippen LogP contribution in [0.15, 0.2) is 54.4 Å². The maximum Gasteiger partial charge on any atom is 0.428 e. The number of pyridine rings is 1. The van der Waals surface area contributed by atoms with E-state index in [1.807, 2.05) is 6.92 Å². The molecule has 2 aromatic rings. The predicted octanol–water partition coefficient (Wildman–Crippen LogP) is 3.29. The van der Waals surface area contributed by atoms with Gasteiger partial charge in [-0.3, -0.25) is 24.9 Å². The van der Waals surface area contributed by atoms with Crippen molar-refractivity contribution in [3.05, 3.63) is 71.3 Å². The largest absolute Gasteiger partial charge is 0.478 e. The molecule has 0 bridgehead atoms. The second-order valence-electron chi connectivity index (χ2n) is 10.4. The summed E-state index contributed by atoms with van der Waals surface area (Å²) in [4.78, 5) is 31.6. The van der Waals surface area contributed by atoms with Crippen molar-refractivity contribution in [2.45, 2.75) is 62.7 Å². The number of aliphatic hydroxyl groups excluding tert-OH is 1. The molecule has 2 amide bonds. The molecule has 0 spiro atoms. The number of aromatic nitrogens is 1. The number of alkyl halides is 3. The third-order valence-electron chi connectivity index (χ3n) is 7.54. The Balaban J connectivity index is 1.42. The Morgan fingerprint density at radius 2 is 2.08 bits per heavy atom. The molecule has 0 saturated carbocycles. The lowest BCUT2D eigenvalue weighted by atomic mass is 9.90. The Kier molecular flexibility index (Phi) is 6.81. The highest BCUT2D eigenvalue weighted by atomic mass is 19.4. The number of carbonyl (C=O) groups is 2. The number of halogens is 4. The van der Waals surface area contributed by atoms with E-state index >= 15 is 0 Å². The molecule has 1 aliphatic carbocycles. The first-order valence-electron chi connectivity index (χ1n) is 12.6. The van der Waals surface area contributed by atoms with Gasteiger partial charge >= 0.3 is 6.18 Å². The molecule has 1 fully saturated rings. The monoisotopic (exact) mass is 561 g/mol. The zero-order valence-electron chi connectivity index (χ0n) is 21.5. The Bertz CT molecular complexity index is 1380. The molecule has 0 radical (unpaired) electrons. The number of hydrogen-bond donors (Lipinski definition) is 4. The average molecular weight is 562 g/mol. The van der Waals surface area contributed by atoms with Gasteiger partial charge in [-0.05, 0) is 31.1 Å². The molecule has 6 atom stereocenters. The van der Waals surface area contributed by atoms with Gasteiger partial charge in [0.05, 0.1) is 30.6 Å². The van der Waals surface area contributed by atoms with Crippen LogP contribution in [-0.2, 0) is 9.59 Å². The lowest BCUT2D eigenvalue weighted by molar-refractivity contribution is -0.229. The SMILES string of the molecule is CC[C@]1(C)CC(=O)N(C(C2=C[C@H]2C(=O)NC2c3ccccc3OC(C(F)(F)F)C2O)c2cncc(F)c2)C(=N)N1. The van der Waals surface area contributed by atoms with Crippen LogP contribution in [0.5, 0.6) is 5.75 Å². The van der Waals surface area contributed by atoms with Crippen molar-refractivity contribution < 1.29 is 37.0 Å². The number of carbonyl (C=O) groups excluding carboxylic acids is 2. The van der Waals surface area contributed by atoms with E-state index in [-0.39, 0.29) is 29.3 Å². The van der Waals surface area contributed by atoms with Crippen LogP contribution >= 0.6 is 0 Å². The maximum absolute atomic E-state index is 14.2. The quantitative estimate of drug-likeness (QED) is 0.317. The number of para-hydroxylation sites is 1. The summed E-state index contributed by atoms with van der Waals surface area (Å²) in [6.45, 7) is 3.67. The summed E-state index contributed by atoms with van der Waals surface area (Å²) in [6, 6.07) is 4.44. The van der Waals surface area contributed by atoms with Crippen LogP contribution in [0.2, 0.25) is 0 Å². The summed E-state index contributed by atoms with van der Waals surface area (Å²) in [6.07, 6.45) is -5.21. The average Bonchev–Trinajstić information content (AvgIpc) is 3.67. The molecule has 13 heteroatoms. The summed E-state index contributed by atoms with van der Waals surface area (Å²) in [7, 11) is 0. The van der Waals surface area contributed by atoms with Gasteiger partial charge in [-0.1, -0.05) is 31.2 Å². The third-order valence-corrected chi connectivity index (χ3v) is 7.54. The second-order valence-corrected chi connectivity index (χ2v) is 10.4. The Hall–Kier alpha value is -4.00. The minimum absolute atomic E-state index is 0.0408. The molecule has 5 rings (SSSR count). The molecular weight excluding hydrogens is 534 g/mol. The lowest BCUT2D eigenvalue weighted by Gasteiger charge is -2.43. The third kappa shape index (κ3) is 5.01. The van der Waals surface area contributed by atoms with Gasteiger partial charge in [-0.15, -0.1) is 0 Å². The first kappa shape index (κ1) is 27.6. The number of nitrogens with zero attached hydrogens (tertiary/aromatic N) is 2. The molecule has 1 saturated heterocycles. The molecule has 4 N–H and O–H groups in total. The molecule has 9 nitrogen and oxygen atoms in total. The Morgan fingerprint density at radius 1 is 1.35 bits per heavy atom. The van der Waals surface area contributed by atoms with E-state index in [4.69, 9.17) is 10.1 Å². The van der Waals surface area contributed by atoms with Crippen LogP contribution in [0.25, 0.3) is 0 Å². The number of rotatable bonds is 6. The first-order chi connectivity index (χ1) is 18.8. The van der Waals surface area contributed by atoms with Gasteiger partial charge in [0.1, 0.15) is 17.7 Å². The van der Waals surface area contributed by atoms with E-state index in [1.54, 1.807) is 13.0 Å². The normalized spacial score (nSPS) is 28.6. The molecule has 3 aliphatic rings. The molecule has 4 unspecified atom stereocenters. The number of benzene rings is 1. The van der Waals surface area contributed by atoms with Gasteiger partial charge in [0.15, 0.2) is 5.96 Å². The fourth-order valence-electron chi connectivity index (χ4n) is 5.20. The fourth-order valence-corrected chi connectivity index (χ4v) is 5.20. The highest BCUT2D eigenvalue weighted by Gasteiger charge is 2.54. The van der Waals surface area contributed by atoms with Crippen molar-refractivity contribution >= 4 is 17.8 Å². The Morgan fingerprint density at radius 3 is 2.73 bits per heavy atom.